The first-order chi connectivity index (χ1) is 26.3. The first-order valence-electron chi connectivity index (χ1n) is 17.7. The lowest BCUT2D eigenvalue weighted by molar-refractivity contribution is 1.29. The maximum absolute atomic E-state index is 2.41. The third kappa shape index (κ3) is 5.62. The molecule has 53 heavy (non-hydrogen) atoms. The van der Waals surface area contributed by atoms with Gasteiger partial charge in [-0.25, -0.2) is 0 Å². The van der Waals surface area contributed by atoms with Crippen molar-refractivity contribution in [2.24, 2.45) is 0 Å². The fraction of sp³-hybridized carbons (Fsp3) is 0. The highest BCUT2D eigenvalue weighted by Crippen LogP contribution is 2.53. The molecule has 0 saturated carbocycles. The van der Waals surface area contributed by atoms with Gasteiger partial charge in [-0.2, -0.15) is 0 Å². The molecule has 2 nitrogen and oxygen atoms in total. The Bertz CT molecular complexity index is 2540. The second-order valence-corrected chi connectivity index (χ2v) is 15.9. The van der Waals surface area contributed by atoms with Crippen molar-refractivity contribution in [1.82, 2.24) is 0 Å². The minimum Gasteiger partial charge on any atom is -0.310 e. The van der Waals surface area contributed by atoms with E-state index in [4.69, 9.17) is 0 Å². The highest BCUT2D eigenvalue weighted by atomic mass is 32.1. The Morgan fingerprint density at radius 2 is 0.660 bits per heavy atom. The lowest BCUT2D eigenvalue weighted by Gasteiger charge is -2.27. The monoisotopic (exact) mass is 732 g/mol. The van der Waals surface area contributed by atoms with Crippen LogP contribution in [0.4, 0.5) is 34.1 Å². The van der Waals surface area contributed by atoms with E-state index in [0.717, 1.165) is 34.1 Å². The number of nitrogens with zero attached hydrogens (tertiary/aromatic N) is 2. The first-order valence-corrected chi connectivity index (χ1v) is 20.2. The molecular weight excluding hydrogens is 701 g/mol. The zero-order valence-corrected chi connectivity index (χ0v) is 31.0. The summed E-state index contributed by atoms with van der Waals surface area (Å²) in [6, 6.07) is 65.8. The van der Waals surface area contributed by atoms with Gasteiger partial charge < -0.3 is 9.80 Å². The Balaban J connectivity index is 1.32. The lowest BCUT2D eigenvalue weighted by Crippen LogP contribution is -2.10. The summed E-state index contributed by atoms with van der Waals surface area (Å²) < 4.78 is 0. The molecule has 3 heterocycles. The number of hydrogen-bond donors (Lipinski definition) is 0. The van der Waals surface area contributed by atoms with E-state index in [2.05, 4.69) is 203 Å². The molecule has 0 aliphatic carbocycles. The molecule has 252 valence electrons. The molecule has 0 unspecified atom stereocenters. The second-order valence-electron chi connectivity index (χ2n) is 12.9. The van der Waals surface area contributed by atoms with Gasteiger partial charge >= 0.3 is 0 Å². The van der Waals surface area contributed by atoms with E-state index in [1.54, 1.807) is 0 Å². The van der Waals surface area contributed by atoms with Gasteiger partial charge in [0.1, 0.15) is 0 Å². The minimum atomic E-state index is 1.12. The predicted octanol–water partition coefficient (Wildman–Crippen LogP) is 15.6. The molecule has 0 N–H and O–H groups in total. The van der Waals surface area contributed by atoms with Gasteiger partial charge in [0, 0.05) is 54.7 Å². The molecule has 7 aromatic carbocycles. The van der Waals surface area contributed by atoms with Crippen LogP contribution in [-0.4, -0.2) is 0 Å². The maximum atomic E-state index is 2.41. The molecule has 10 rings (SSSR count). The molecule has 0 amide bonds. The smallest absolute Gasteiger partial charge is 0.0534 e. The molecule has 0 spiro atoms. The second kappa shape index (κ2) is 13.5. The van der Waals surface area contributed by atoms with Gasteiger partial charge in [-0.15, -0.1) is 34.0 Å². The third-order valence-corrected chi connectivity index (χ3v) is 13.1. The van der Waals surface area contributed by atoms with Crippen LogP contribution in [0.25, 0.3) is 51.8 Å². The zero-order valence-electron chi connectivity index (χ0n) is 28.6. The van der Waals surface area contributed by atoms with Crippen LogP contribution >= 0.6 is 34.0 Å². The number of anilines is 6. The summed E-state index contributed by atoms with van der Waals surface area (Å²) in [5, 5.41) is 12.0. The number of fused-ring (bicyclic) bond motifs is 6. The van der Waals surface area contributed by atoms with Gasteiger partial charge in [-0.05, 0) is 117 Å². The van der Waals surface area contributed by atoms with Crippen LogP contribution in [-0.2, 0) is 0 Å². The summed E-state index contributed by atoms with van der Waals surface area (Å²) >= 11 is 5.56. The van der Waals surface area contributed by atoms with Crippen LogP contribution < -0.4 is 9.80 Å². The van der Waals surface area contributed by atoms with E-state index in [0.29, 0.717) is 0 Å². The Labute approximate surface area is 320 Å². The SMILES string of the molecule is c1ccc(N(c2ccccc2)c2ccc3c(c2)c2cc(N(c4ccccc4)c4ccccc4)ccc2c2c(-c4cccs4)sc(-c4cccs4)c32)cc1. The van der Waals surface area contributed by atoms with E-state index >= 15 is 0 Å². The molecule has 0 fully saturated rings. The molecule has 0 radical (unpaired) electrons. The molecule has 0 saturated heterocycles. The van der Waals surface area contributed by atoms with E-state index in [1.165, 1.54) is 51.8 Å². The van der Waals surface area contributed by atoms with Crippen molar-refractivity contribution < 1.29 is 0 Å². The number of thiophene rings is 3. The van der Waals surface area contributed by atoms with E-state index in [9.17, 15) is 0 Å². The van der Waals surface area contributed by atoms with Gasteiger partial charge in [0.25, 0.3) is 0 Å². The summed E-state index contributed by atoms with van der Waals surface area (Å²) in [7, 11) is 0. The van der Waals surface area contributed by atoms with E-state index in [1.807, 2.05) is 34.0 Å². The third-order valence-electron chi connectivity index (χ3n) is 9.81. The van der Waals surface area contributed by atoms with E-state index < -0.39 is 0 Å². The van der Waals surface area contributed by atoms with Crippen molar-refractivity contribution >= 4 is 100 Å². The largest absolute Gasteiger partial charge is 0.310 e. The highest BCUT2D eigenvalue weighted by Gasteiger charge is 2.24. The predicted molar refractivity (Wildman–Crippen MR) is 233 cm³/mol. The Hall–Kier alpha value is -5.98. The topological polar surface area (TPSA) is 6.48 Å². The van der Waals surface area contributed by atoms with Gasteiger partial charge in [-0.1, -0.05) is 97.1 Å². The number of rotatable bonds is 8. The number of hydrogen-bond acceptors (Lipinski definition) is 5. The highest BCUT2D eigenvalue weighted by molar-refractivity contribution is 7.27. The molecule has 0 aliphatic heterocycles. The first kappa shape index (κ1) is 31.7. The standard InChI is InChI=1S/C48H32N2S3/c1-5-15-33(16-6-1)49(34-17-7-2-8-18-34)37-25-27-39-41(31-37)42-32-38(50(35-19-9-3-10-20-35)36-21-11-4-12-22-36)26-28-40(42)46-45(39)47(43-23-13-29-51-43)53-48(46)44-24-14-30-52-44/h1-32H. The summed E-state index contributed by atoms with van der Waals surface area (Å²) in [5.74, 6) is 0. The molecular formula is C48H32N2S3. The Morgan fingerprint density at radius 1 is 0.302 bits per heavy atom. The lowest BCUT2D eigenvalue weighted by atomic mass is 9.92. The van der Waals surface area contributed by atoms with Gasteiger partial charge in [0.2, 0.25) is 0 Å². The van der Waals surface area contributed by atoms with Crippen molar-refractivity contribution in [3.05, 3.63) is 193 Å². The van der Waals surface area contributed by atoms with Gasteiger partial charge in [0.15, 0.2) is 0 Å². The normalized spacial score (nSPS) is 11.4. The summed E-state index contributed by atoms with van der Waals surface area (Å²) in [5.41, 5.74) is 6.73. The molecule has 3 aromatic heterocycles. The minimum absolute atomic E-state index is 1.12. The summed E-state index contributed by atoms with van der Waals surface area (Å²) in [6.07, 6.45) is 0. The Morgan fingerprint density at radius 3 is 0.981 bits per heavy atom. The number of para-hydroxylation sites is 4. The molecule has 5 heteroatoms. The van der Waals surface area contributed by atoms with Crippen LogP contribution in [0.5, 0.6) is 0 Å². The average Bonchev–Trinajstić information content (AvgIpc) is 4.03. The van der Waals surface area contributed by atoms with Crippen molar-refractivity contribution in [3.8, 4) is 19.5 Å². The van der Waals surface area contributed by atoms with Crippen molar-refractivity contribution in [2.45, 2.75) is 0 Å². The van der Waals surface area contributed by atoms with Crippen LogP contribution in [0.2, 0.25) is 0 Å². The molecule has 10 aromatic rings. The van der Waals surface area contributed by atoms with E-state index in [-0.39, 0.29) is 0 Å². The zero-order chi connectivity index (χ0) is 35.1. The van der Waals surface area contributed by atoms with Crippen LogP contribution in [0.15, 0.2) is 193 Å². The molecule has 0 atom stereocenters. The average molecular weight is 733 g/mol. The van der Waals surface area contributed by atoms with Crippen molar-refractivity contribution in [3.63, 3.8) is 0 Å². The van der Waals surface area contributed by atoms with Crippen LogP contribution in [0, 0.1) is 0 Å². The summed E-state index contributed by atoms with van der Waals surface area (Å²) in [6.45, 7) is 0. The number of benzene rings is 7. The Kier molecular flexibility index (Phi) is 8.10. The fourth-order valence-electron chi connectivity index (χ4n) is 7.53. The van der Waals surface area contributed by atoms with Crippen molar-refractivity contribution in [2.75, 3.05) is 9.80 Å². The molecule has 0 bridgehead atoms. The quantitative estimate of drug-likeness (QED) is 0.144. The maximum Gasteiger partial charge on any atom is 0.0534 e. The fourth-order valence-corrected chi connectivity index (χ4v) is 10.6. The van der Waals surface area contributed by atoms with Gasteiger partial charge in [-0.3, -0.25) is 0 Å². The van der Waals surface area contributed by atoms with Crippen molar-refractivity contribution in [1.29, 1.82) is 0 Å². The van der Waals surface area contributed by atoms with Crippen LogP contribution in [0.3, 0.4) is 0 Å². The summed E-state index contributed by atoms with van der Waals surface area (Å²) in [4.78, 5) is 10.0. The molecule has 0 aliphatic rings. The van der Waals surface area contributed by atoms with Gasteiger partial charge in [0.05, 0.1) is 9.75 Å². The van der Waals surface area contributed by atoms with Crippen LogP contribution in [0.1, 0.15) is 0 Å².